The molecule has 2 aromatic heterocycles. The van der Waals surface area contributed by atoms with Crippen LogP contribution in [0.2, 0.25) is 0 Å². The van der Waals surface area contributed by atoms with Crippen molar-refractivity contribution in [3.63, 3.8) is 0 Å². The van der Waals surface area contributed by atoms with E-state index in [9.17, 15) is 8.42 Å². The van der Waals surface area contributed by atoms with Crippen molar-refractivity contribution in [1.82, 2.24) is 19.1 Å². The molecule has 138 valence electrons. The molecule has 0 spiro atoms. The van der Waals surface area contributed by atoms with E-state index in [1.165, 1.54) is 10.5 Å². The van der Waals surface area contributed by atoms with E-state index in [-0.39, 0.29) is 11.4 Å². The van der Waals surface area contributed by atoms with E-state index in [0.717, 1.165) is 24.3 Å². The molecule has 2 aromatic rings. The van der Waals surface area contributed by atoms with Crippen LogP contribution in [-0.2, 0) is 36.0 Å². The molecular weight excluding hydrogens is 340 g/mol. The van der Waals surface area contributed by atoms with E-state index >= 15 is 0 Å². The number of aryl methyl sites for hydroxylation is 2. The summed E-state index contributed by atoms with van der Waals surface area (Å²) in [6.07, 6.45) is 3.81. The Balaban J connectivity index is 1.80. The van der Waals surface area contributed by atoms with E-state index in [1.807, 2.05) is 6.92 Å². The number of nitrogens with zero attached hydrogens (tertiary/aromatic N) is 4. The van der Waals surface area contributed by atoms with Crippen LogP contribution in [0.15, 0.2) is 15.5 Å². The Morgan fingerprint density at radius 3 is 2.76 bits per heavy atom. The molecule has 0 amide bonds. The largest absolute Gasteiger partial charge is 0.445 e. The van der Waals surface area contributed by atoms with Crippen LogP contribution < -0.4 is 0 Å². The van der Waals surface area contributed by atoms with E-state index < -0.39 is 10.0 Å². The maximum atomic E-state index is 13.0. The van der Waals surface area contributed by atoms with Crippen LogP contribution in [0, 0.1) is 12.8 Å². The summed E-state index contributed by atoms with van der Waals surface area (Å²) in [6.45, 7) is 9.38. The normalized spacial score (nSPS) is 15.7. The van der Waals surface area contributed by atoms with E-state index in [1.54, 1.807) is 11.6 Å². The molecule has 0 fully saturated rings. The lowest BCUT2D eigenvalue weighted by Gasteiger charge is -2.24. The average molecular weight is 366 g/mol. The molecule has 3 rings (SSSR count). The summed E-state index contributed by atoms with van der Waals surface area (Å²) < 4.78 is 35.0. The minimum atomic E-state index is -3.57. The third-order valence-corrected chi connectivity index (χ3v) is 6.60. The van der Waals surface area contributed by atoms with E-state index in [0.29, 0.717) is 37.0 Å². The lowest BCUT2D eigenvalue weighted by Crippen LogP contribution is -2.36. The second-order valence-corrected chi connectivity index (χ2v) is 8.81. The average Bonchev–Trinajstić information content (AvgIpc) is 3.15. The Bertz CT molecular complexity index is 851. The van der Waals surface area contributed by atoms with Crippen LogP contribution in [0.1, 0.15) is 50.2 Å². The van der Waals surface area contributed by atoms with Crippen molar-refractivity contribution in [2.45, 2.75) is 64.9 Å². The number of aromatic nitrogens is 3. The fourth-order valence-corrected chi connectivity index (χ4v) is 4.65. The van der Waals surface area contributed by atoms with Gasteiger partial charge in [-0.2, -0.15) is 9.40 Å². The highest BCUT2D eigenvalue weighted by atomic mass is 32.2. The van der Waals surface area contributed by atoms with Gasteiger partial charge in [-0.1, -0.05) is 13.8 Å². The maximum Gasteiger partial charge on any atom is 0.246 e. The Hall–Kier alpha value is -1.67. The van der Waals surface area contributed by atoms with Crippen LogP contribution in [0.3, 0.4) is 0 Å². The van der Waals surface area contributed by atoms with Gasteiger partial charge in [0.15, 0.2) is 5.89 Å². The summed E-state index contributed by atoms with van der Waals surface area (Å²) in [6, 6.07) is 0. The lowest BCUT2D eigenvalue weighted by atomic mass is 10.1. The van der Waals surface area contributed by atoms with Gasteiger partial charge in [-0.3, -0.25) is 4.68 Å². The highest BCUT2D eigenvalue weighted by molar-refractivity contribution is 7.89. The number of sulfonamides is 1. The highest BCUT2D eigenvalue weighted by Gasteiger charge is 2.33. The van der Waals surface area contributed by atoms with Crippen molar-refractivity contribution in [2.24, 2.45) is 5.92 Å². The number of rotatable bonds is 6. The fraction of sp³-hybridized carbons (Fsp3) is 0.647. The predicted molar refractivity (Wildman–Crippen MR) is 93.6 cm³/mol. The zero-order valence-electron chi connectivity index (χ0n) is 15.3. The number of hydrogen-bond donors (Lipinski definition) is 0. The van der Waals surface area contributed by atoms with Gasteiger partial charge < -0.3 is 4.42 Å². The van der Waals surface area contributed by atoms with Crippen LogP contribution in [0.4, 0.5) is 0 Å². The summed E-state index contributed by atoms with van der Waals surface area (Å²) in [7, 11) is -3.57. The molecule has 0 saturated heterocycles. The van der Waals surface area contributed by atoms with Gasteiger partial charge in [0.2, 0.25) is 10.0 Å². The molecule has 25 heavy (non-hydrogen) atoms. The molecule has 0 aliphatic carbocycles. The molecular formula is C17H26N4O3S. The zero-order chi connectivity index (χ0) is 18.2. The molecule has 0 unspecified atom stereocenters. The predicted octanol–water partition coefficient (Wildman–Crippen LogP) is 2.54. The molecule has 0 atom stereocenters. The monoisotopic (exact) mass is 366 g/mol. The van der Waals surface area contributed by atoms with Gasteiger partial charge in [-0.05, 0) is 26.2 Å². The quantitative estimate of drug-likeness (QED) is 0.785. The van der Waals surface area contributed by atoms with Gasteiger partial charge in [0.25, 0.3) is 0 Å². The zero-order valence-corrected chi connectivity index (χ0v) is 16.1. The maximum absolute atomic E-state index is 13.0. The third-order valence-electron chi connectivity index (χ3n) is 4.65. The minimum absolute atomic E-state index is 0.263. The molecule has 0 bridgehead atoms. The summed E-state index contributed by atoms with van der Waals surface area (Å²) in [4.78, 5) is 4.81. The second kappa shape index (κ2) is 6.92. The van der Waals surface area contributed by atoms with Crippen molar-refractivity contribution in [2.75, 3.05) is 6.54 Å². The molecule has 1 aliphatic rings. The van der Waals surface area contributed by atoms with Crippen molar-refractivity contribution in [3.8, 4) is 0 Å². The van der Waals surface area contributed by atoms with E-state index in [2.05, 4.69) is 23.9 Å². The number of hydrogen-bond acceptors (Lipinski definition) is 5. The summed E-state index contributed by atoms with van der Waals surface area (Å²) in [5.41, 5.74) is 1.42. The van der Waals surface area contributed by atoms with Gasteiger partial charge in [0, 0.05) is 25.9 Å². The molecule has 0 saturated carbocycles. The SMILES string of the molecule is CCn1ncc(S(=O)(=O)N2CCc3oc(CCC(C)C)nc3C2)c1C. The Morgan fingerprint density at radius 1 is 1.36 bits per heavy atom. The first-order valence-corrected chi connectivity index (χ1v) is 10.3. The minimum Gasteiger partial charge on any atom is -0.445 e. The first-order chi connectivity index (χ1) is 11.8. The summed E-state index contributed by atoms with van der Waals surface area (Å²) in [5.74, 6) is 2.12. The van der Waals surface area contributed by atoms with Crippen molar-refractivity contribution in [3.05, 3.63) is 29.2 Å². The van der Waals surface area contributed by atoms with Gasteiger partial charge in [0.05, 0.1) is 24.1 Å². The highest BCUT2D eigenvalue weighted by Crippen LogP contribution is 2.27. The van der Waals surface area contributed by atoms with Crippen molar-refractivity contribution >= 4 is 10.0 Å². The Morgan fingerprint density at radius 2 is 2.12 bits per heavy atom. The van der Waals surface area contributed by atoms with Crippen LogP contribution >= 0.6 is 0 Å². The van der Waals surface area contributed by atoms with Crippen LogP contribution in [-0.4, -0.2) is 34.0 Å². The molecule has 8 heteroatoms. The van der Waals surface area contributed by atoms with Crippen LogP contribution in [0.5, 0.6) is 0 Å². The number of oxazole rings is 1. The van der Waals surface area contributed by atoms with Gasteiger partial charge in [-0.25, -0.2) is 13.4 Å². The van der Waals surface area contributed by atoms with Gasteiger partial charge in [0.1, 0.15) is 10.7 Å². The summed E-state index contributed by atoms with van der Waals surface area (Å²) in [5, 5.41) is 4.16. The van der Waals surface area contributed by atoms with Gasteiger partial charge in [-0.15, -0.1) is 0 Å². The first-order valence-electron chi connectivity index (χ1n) is 8.83. The van der Waals surface area contributed by atoms with Crippen molar-refractivity contribution < 1.29 is 12.8 Å². The smallest absolute Gasteiger partial charge is 0.246 e. The molecule has 0 N–H and O–H groups in total. The Kier molecular flexibility index (Phi) is 5.02. The lowest BCUT2D eigenvalue weighted by molar-refractivity contribution is 0.354. The molecule has 1 aliphatic heterocycles. The molecule has 0 aromatic carbocycles. The second-order valence-electron chi connectivity index (χ2n) is 6.91. The fourth-order valence-electron chi connectivity index (χ4n) is 3.09. The Labute approximate surface area is 149 Å². The third kappa shape index (κ3) is 3.50. The topological polar surface area (TPSA) is 81.2 Å². The standard InChI is InChI=1S/C17H26N4O3S/c1-5-21-13(4)16(10-18-21)25(22,23)20-9-8-15-14(11-20)19-17(24-15)7-6-12(2)3/h10,12H,5-9,11H2,1-4H3. The first kappa shape index (κ1) is 18.1. The molecule has 7 nitrogen and oxygen atoms in total. The summed E-state index contributed by atoms with van der Waals surface area (Å²) >= 11 is 0. The van der Waals surface area contributed by atoms with E-state index in [4.69, 9.17) is 4.42 Å². The van der Waals surface area contributed by atoms with Crippen LogP contribution in [0.25, 0.3) is 0 Å². The van der Waals surface area contributed by atoms with Gasteiger partial charge >= 0.3 is 0 Å². The molecule has 0 radical (unpaired) electrons. The van der Waals surface area contributed by atoms with Crippen molar-refractivity contribution in [1.29, 1.82) is 0 Å². The molecule has 3 heterocycles. The number of fused-ring (bicyclic) bond motifs is 1.